The van der Waals surface area contributed by atoms with Crippen molar-refractivity contribution in [3.63, 3.8) is 0 Å². The standard InChI is InChI=1S/C20H20O7/c1-24-12-15-16(26-18(21)13-8-4-2-5-9-13)17(20(23)25-15)27-19(22)14-10-6-3-7-11-14/h2-11,15-17,20,23H,12H2,1H3/t15-,16-,17-,20+/m1/s1. The Hall–Kier alpha value is -2.74. The molecule has 1 N–H and O–H groups in total. The van der Waals surface area contributed by atoms with Gasteiger partial charge in [0.1, 0.15) is 6.10 Å². The molecule has 0 radical (unpaired) electrons. The lowest BCUT2D eigenvalue weighted by Gasteiger charge is -2.23. The largest absolute Gasteiger partial charge is 0.452 e. The molecule has 0 aliphatic carbocycles. The van der Waals surface area contributed by atoms with Crippen LogP contribution in [-0.4, -0.2) is 55.4 Å². The van der Waals surface area contributed by atoms with Crippen molar-refractivity contribution in [2.45, 2.75) is 24.6 Å². The second kappa shape index (κ2) is 8.77. The molecule has 2 aromatic rings. The first-order valence-electron chi connectivity index (χ1n) is 8.44. The molecule has 2 aromatic carbocycles. The van der Waals surface area contributed by atoms with Gasteiger partial charge in [0.05, 0.1) is 17.7 Å². The molecular formula is C20H20O7. The maximum absolute atomic E-state index is 12.4. The van der Waals surface area contributed by atoms with Crippen LogP contribution in [0.4, 0.5) is 0 Å². The smallest absolute Gasteiger partial charge is 0.338 e. The van der Waals surface area contributed by atoms with Crippen molar-refractivity contribution in [3.8, 4) is 0 Å². The van der Waals surface area contributed by atoms with Crippen LogP contribution < -0.4 is 0 Å². The Kier molecular flexibility index (Phi) is 6.18. The first-order valence-corrected chi connectivity index (χ1v) is 8.44. The third-order valence-corrected chi connectivity index (χ3v) is 4.12. The normalized spacial score (nSPS) is 24.4. The van der Waals surface area contributed by atoms with Gasteiger partial charge in [0.15, 0.2) is 18.5 Å². The van der Waals surface area contributed by atoms with Crippen molar-refractivity contribution >= 4 is 11.9 Å². The summed E-state index contributed by atoms with van der Waals surface area (Å²) < 4.78 is 21.3. The van der Waals surface area contributed by atoms with E-state index in [1.165, 1.54) is 7.11 Å². The number of carbonyl (C=O) groups excluding carboxylic acids is 2. The number of esters is 2. The SMILES string of the molecule is COC[C@H]1O[C@H](O)[C@H](OC(=O)c2ccccc2)[C@@H]1OC(=O)c1ccccc1. The topological polar surface area (TPSA) is 91.3 Å². The van der Waals surface area contributed by atoms with E-state index in [0.717, 1.165) is 0 Å². The van der Waals surface area contributed by atoms with E-state index in [-0.39, 0.29) is 6.61 Å². The Morgan fingerprint density at radius 3 is 1.85 bits per heavy atom. The molecule has 0 amide bonds. The monoisotopic (exact) mass is 372 g/mol. The van der Waals surface area contributed by atoms with Gasteiger partial charge < -0.3 is 24.1 Å². The van der Waals surface area contributed by atoms with Gasteiger partial charge in [0.2, 0.25) is 0 Å². The van der Waals surface area contributed by atoms with Crippen LogP contribution in [0.15, 0.2) is 60.7 Å². The summed E-state index contributed by atoms with van der Waals surface area (Å²) >= 11 is 0. The second-order valence-corrected chi connectivity index (χ2v) is 5.99. The van der Waals surface area contributed by atoms with E-state index >= 15 is 0 Å². The molecule has 0 aromatic heterocycles. The fourth-order valence-corrected chi connectivity index (χ4v) is 2.81. The molecule has 7 heteroatoms. The second-order valence-electron chi connectivity index (χ2n) is 5.99. The number of aliphatic hydroxyl groups is 1. The first kappa shape index (κ1) is 19.0. The maximum atomic E-state index is 12.4. The molecule has 142 valence electrons. The lowest BCUT2D eigenvalue weighted by Crippen LogP contribution is -2.41. The summed E-state index contributed by atoms with van der Waals surface area (Å²) in [7, 11) is 1.45. The first-order chi connectivity index (χ1) is 13.1. The third-order valence-electron chi connectivity index (χ3n) is 4.12. The molecule has 1 heterocycles. The van der Waals surface area contributed by atoms with Crippen LogP contribution in [-0.2, 0) is 18.9 Å². The summed E-state index contributed by atoms with van der Waals surface area (Å²) in [4.78, 5) is 24.8. The van der Waals surface area contributed by atoms with Gasteiger partial charge in [0, 0.05) is 7.11 Å². The van der Waals surface area contributed by atoms with E-state index < -0.39 is 36.5 Å². The highest BCUT2D eigenvalue weighted by Crippen LogP contribution is 2.27. The number of hydrogen-bond acceptors (Lipinski definition) is 7. The maximum Gasteiger partial charge on any atom is 0.338 e. The molecule has 4 atom stereocenters. The average molecular weight is 372 g/mol. The molecule has 1 aliphatic rings. The van der Waals surface area contributed by atoms with Crippen LogP contribution in [0.25, 0.3) is 0 Å². The zero-order valence-electron chi connectivity index (χ0n) is 14.7. The zero-order valence-corrected chi connectivity index (χ0v) is 14.7. The van der Waals surface area contributed by atoms with E-state index in [9.17, 15) is 14.7 Å². The van der Waals surface area contributed by atoms with Gasteiger partial charge in [-0.05, 0) is 24.3 Å². The van der Waals surface area contributed by atoms with Gasteiger partial charge in [-0.1, -0.05) is 36.4 Å². The number of methoxy groups -OCH3 is 1. The molecule has 1 saturated heterocycles. The molecule has 7 nitrogen and oxygen atoms in total. The van der Waals surface area contributed by atoms with E-state index in [1.54, 1.807) is 60.7 Å². The number of rotatable bonds is 6. The van der Waals surface area contributed by atoms with Gasteiger partial charge in [-0.15, -0.1) is 0 Å². The molecule has 27 heavy (non-hydrogen) atoms. The minimum absolute atomic E-state index is 0.0587. The highest BCUT2D eigenvalue weighted by atomic mass is 16.7. The Morgan fingerprint density at radius 2 is 1.37 bits per heavy atom. The van der Waals surface area contributed by atoms with Crippen LogP contribution in [0.2, 0.25) is 0 Å². The predicted molar refractivity (Wildman–Crippen MR) is 94.0 cm³/mol. The van der Waals surface area contributed by atoms with E-state index in [1.807, 2.05) is 0 Å². The summed E-state index contributed by atoms with van der Waals surface area (Å²) in [5.74, 6) is -1.26. The third kappa shape index (κ3) is 4.51. The lowest BCUT2D eigenvalue weighted by atomic mass is 10.1. The number of hydrogen-bond donors (Lipinski definition) is 1. The van der Waals surface area contributed by atoms with Crippen LogP contribution >= 0.6 is 0 Å². The molecule has 1 fully saturated rings. The van der Waals surface area contributed by atoms with Gasteiger partial charge in [-0.2, -0.15) is 0 Å². The number of aliphatic hydroxyl groups excluding tert-OH is 1. The van der Waals surface area contributed by atoms with E-state index in [4.69, 9.17) is 18.9 Å². The Bertz CT molecular complexity index is 762. The minimum Gasteiger partial charge on any atom is -0.452 e. The molecule has 0 bridgehead atoms. The Balaban J connectivity index is 1.77. The molecule has 0 spiro atoms. The van der Waals surface area contributed by atoms with Gasteiger partial charge >= 0.3 is 11.9 Å². The van der Waals surface area contributed by atoms with Crippen LogP contribution in [0.3, 0.4) is 0 Å². The predicted octanol–water partition coefficient (Wildman–Crippen LogP) is 1.80. The van der Waals surface area contributed by atoms with Gasteiger partial charge in [-0.3, -0.25) is 0 Å². The summed E-state index contributed by atoms with van der Waals surface area (Å²) in [6, 6.07) is 16.7. The summed E-state index contributed by atoms with van der Waals surface area (Å²) in [5.41, 5.74) is 0.649. The molecule has 1 aliphatic heterocycles. The number of carbonyl (C=O) groups is 2. The van der Waals surface area contributed by atoms with Crippen molar-refractivity contribution in [1.29, 1.82) is 0 Å². The summed E-state index contributed by atoms with van der Waals surface area (Å²) in [6.07, 6.45) is -4.40. The molecular weight excluding hydrogens is 352 g/mol. The van der Waals surface area contributed by atoms with Crippen LogP contribution in [0.1, 0.15) is 20.7 Å². The van der Waals surface area contributed by atoms with Crippen molar-refractivity contribution in [2.24, 2.45) is 0 Å². The molecule has 3 rings (SSSR count). The minimum atomic E-state index is -1.44. The van der Waals surface area contributed by atoms with Crippen molar-refractivity contribution < 1.29 is 33.6 Å². The van der Waals surface area contributed by atoms with E-state index in [0.29, 0.717) is 11.1 Å². The highest BCUT2D eigenvalue weighted by Gasteiger charge is 2.49. The molecule has 0 saturated carbocycles. The van der Waals surface area contributed by atoms with E-state index in [2.05, 4.69) is 0 Å². The van der Waals surface area contributed by atoms with Crippen molar-refractivity contribution in [2.75, 3.05) is 13.7 Å². The summed E-state index contributed by atoms with van der Waals surface area (Å²) in [6.45, 7) is 0.0587. The fourth-order valence-electron chi connectivity index (χ4n) is 2.81. The number of ether oxygens (including phenoxy) is 4. The Morgan fingerprint density at radius 1 is 0.889 bits per heavy atom. The van der Waals surface area contributed by atoms with Crippen molar-refractivity contribution in [3.05, 3.63) is 71.8 Å². The van der Waals surface area contributed by atoms with Crippen molar-refractivity contribution in [1.82, 2.24) is 0 Å². The quantitative estimate of drug-likeness (QED) is 0.773. The highest BCUT2D eigenvalue weighted by molar-refractivity contribution is 5.90. The number of benzene rings is 2. The summed E-state index contributed by atoms with van der Waals surface area (Å²) in [5, 5.41) is 10.2. The van der Waals surface area contributed by atoms with Crippen LogP contribution in [0.5, 0.6) is 0 Å². The Labute approximate surface area is 156 Å². The fraction of sp³-hybridized carbons (Fsp3) is 0.300. The lowest BCUT2D eigenvalue weighted by molar-refractivity contribution is -0.137. The zero-order chi connectivity index (χ0) is 19.2. The van der Waals surface area contributed by atoms with Gasteiger partial charge in [-0.25, -0.2) is 9.59 Å². The average Bonchev–Trinajstić information content (AvgIpc) is 2.98. The van der Waals surface area contributed by atoms with Gasteiger partial charge in [0.25, 0.3) is 0 Å². The molecule has 0 unspecified atom stereocenters. The van der Waals surface area contributed by atoms with Crippen LogP contribution in [0, 0.1) is 0 Å².